The Morgan fingerprint density at radius 1 is 1.21 bits per heavy atom. The fraction of sp³-hybridized carbons (Fsp3) is 0.423. The highest BCUT2D eigenvalue weighted by Crippen LogP contribution is 2.26. The summed E-state index contributed by atoms with van der Waals surface area (Å²) in [6.45, 7) is 2.08. The molecule has 1 saturated carbocycles. The first-order valence-corrected chi connectivity index (χ1v) is 13.6. The summed E-state index contributed by atoms with van der Waals surface area (Å²) < 4.78 is 10.6. The molecule has 38 heavy (non-hydrogen) atoms. The number of ether oxygens (including phenoxy) is 2. The molecule has 0 radical (unpaired) electrons. The number of amides is 2. The Morgan fingerprint density at radius 3 is 2.74 bits per heavy atom. The van der Waals surface area contributed by atoms with Crippen molar-refractivity contribution in [3.05, 3.63) is 62.0 Å². The van der Waals surface area contributed by atoms with Crippen LogP contribution in [0.25, 0.3) is 10.2 Å². The zero-order valence-corrected chi connectivity index (χ0v) is 22.5. The summed E-state index contributed by atoms with van der Waals surface area (Å²) in [5.74, 6) is -0.936. The zero-order valence-electron chi connectivity index (χ0n) is 20.9. The van der Waals surface area contributed by atoms with Gasteiger partial charge in [0.15, 0.2) is 6.61 Å². The van der Waals surface area contributed by atoms with E-state index >= 15 is 0 Å². The van der Waals surface area contributed by atoms with Crippen molar-refractivity contribution < 1.29 is 23.9 Å². The molecular formula is C26H29ClN4O6S. The molecule has 1 aliphatic carbocycles. The van der Waals surface area contributed by atoms with Gasteiger partial charge in [-0.3, -0.25) is 19.2 Å². The molecule has 0 atom stereocenters. The molecule has 0 saturated heterocycles. The molecule has 0 unspecified atom stereocenters. The van der Waals surface area contributed by atoms with Crippen LogP contribution in [0.3, 0.4) is 0 Å². The fourth-order valence-corrected chi connectivity index (χ4v) is 5.52. The molecule has 1 aliphatic rings. The van der Waals surface area contributed by atoms with Gasteiger partial charge in [0.2, 0.25) is 5.82 Å². The lowest BCUT2D eigenvalue weighted by molar-refractivity contribution is -0.146. The van der Waals surface area contributed by atoms with Crippen LogP contribution in [-0.2, 0) is 32.2 Å². The average Bonchev–Trinajstić information content (AvgIpc) is 3.30. The molecule has 0 spiro atoms. The van der Waals surface area contributed by atoms with E-state index in [4.69, 9.17) is 21.1 Å². The van der Waals surface area contributed by atoms with Gasteiger partial charge in [-0.2, -0.15) is 0 Å². The van der Waals surface area contributed by atoms with Gasteiger partial charge >= 0.3 is 5.97 Å². The van der Waals surface area contributed by atoms with Gasteiger partial charge in [-0.15, -0.1) is 11.3 Å². The predicted octanol–water partition coefficient (Wildman–Crippen LogP) is 3.32. The summed E-state index contributed by atoms with van der Waals surface area (Å²) in [5.41, 5.74) is 1.19. The Hall–Kier alpha value is -3.28. The van der Waals surface area contributed by atoms with E-state index in [-0.39, 0.29) is 43.1 Å². The van der Waals surface area contributed by atoms with Gasteiger partial charge in [0, 0.05) is 36.7 Å². The van der Waals surface area contributed by atoms with Crippen LogP contribution in [0.4, 0.5) is 0 Å². The number of carbonyl (C=O) groups is 3. The molecule has 2 aromatic heterocycles. The van der Waals surface area contributed by atoms with Crippen molar-refractivity contribution >= 4 is 50.9 Å². The van der Waals surface area contributed by atoms with Crippen molar-refractivity contribution in [1.29, 1.82) is 0 Å². The van der Waals surface area contributed by atoms with E-state index in [1.165, 1.54) is 18.3 Å². The number of halogens is 1. The maximum atomic E-state index is 12.8. The molecule has 10 nitrogen and oxygen atoms in total. The number of thiophene rings is 1. The van der Waals surface area contributed by atoms with Crippen LogP contribution in [0, 0.1) is 5.92 Å². The summed E-state index contributed by atoms with van der Waals surface area (Å²) in [6.07, 6.45) is 3.46. The van der Waals surface area contributed by atoms with E-state index < -0.39 is 11.9 Å². The molecule has 4 rings (SSSR count). The minimum atomic E-state index is -0.479. The Bertz CT molecular complexity index is 1370. The van der Waals surface area contributed by atoms with E-state index in [2.05, 4.69) is 20.6 Å². The zero-order chi connectivity index (χ0) is 27.1. The van der Waals surface area contributed by atoms with Crippen LogP contribution in [-0.4, -0.2) is 47.0 Å². The van der Waals surface area contributed by atoms with Crippen LogP contribution < -0.4 is 16.2 Å². The topological polar surface area (TPSA) is 139 Å². The van der Waals surface area contributed by atoms with Crippen molar-refractivity contribution in [2.24, 2.45) is 5.92 Å². The number of nitrogens with one attached hydrogen (secondary N) is 3. The Balaban J connectivity index is 1.25. The lowest BCUT2D eigenvalue weighted by Gasteiger charge is -2.28. The van der Waals surface area contributed by atoms with Crippen molar-refractivity contribution in [1.82, 2.24) is 20.6 Å². The summed E-state index contributed by atoms with van der Waals surface area (Å²) >= 11 is 7.27. The van der Waals surface area contributed by atoms with Crippen molar-refractivity contribution in [2.75, 3.05) is 13.2 Å². The molecule has 3 aromatic rings. The van der Waals surface area contributed by atoms with Crippen LogP contribution >= 0.6 is 22.9 Å². The highest BCUT2D eigenvalue weighted by molar-refractivity contribution is 7.16. The van der Waals surface area contributed by atoms with Gasteiger partial charge in [-0.1, -0.05) is 23.7 Å². The number of esters is 1. The summed E-state index contributed by atoms with van der Waals surface area (Å²) in [6, 6.07) is 7.21. The van der Waals surface area contributed by atoms with Crippen LogP contribution in [0.1, 0.15) is 54.4 Å². The van der Waals surface area contributed by atoms with E-state index in [0.717, 1.165) is 36.8 Å². The van der Waals surface area contributed by atoms with Gasteiger partial charge < -0.3 is 25.1 Å². The largest absolute Gasteiger partial charge is 0.456 e. The molecule has 2 heterocycles. The van der Waals surface area contributed by atoms with Crippen LogP contribution in [0.5, 0.6) is 0 Å². The molecule has 12 heteroatoms. The molecule has 2 amide bonds. The second-order valence-electron chi connectivity index (χ2n) is 9.25. The van der Waals surface area contributed by atoms with Gasteiger partial charge in [0.25, 0.3) is 17.4 Å². The second-order valence-corrected chi connectivity index (χ2v) is 10.5. The van der Waals surface area contributed by atoms with Gasteiger partial charge in [0.05, 0.1) is 12.0 Å². The van der Waals surface area contributed by atoms with E-state index in [1.54, 1.807) is 18.2 Å². The highest BCUT2D eigenvalue weighted by atomic mass is 35.5. The number of fused-ring (bicyclic) bond motifs is 1. The lowest BCUT2D eigenvalue weighted by atomic mass is 9.86. The first kappa shape index (κ1) is 27.7. The molecule has 1 fully saturated rings. The minimum Gasteiger partial charge on any atom is -0.456 e. The monoisotopic (exact) mass is 560 g/mol. The van der Waals surface area contributed by atoms with Gasteiger partial charge in [0.1, 0.15) is 4.83 Å². The molecule has 202 valence electrons. The predicted molar refractivity (Wildman–Crippen MR) is 143 cm³/mol. The third-order valence-corrected chi connectivity index (χ3v) is 7.46. The van der Waals surface area contributed by atoms with Gasteiger partial charge in [-0.25, -0.2) is 4.98 Å². The molecular weight excluding hydrogens is 532 g/mol. The number of carbonyl (C=O) groups excluding carboxylic acids is 3. The van der Waals surface area contributed by atoms with Crippen molar-refractivity contribution in [3.63, 3.8) is 0 Å². The minimum absolute atomic E-state index is 0.0458. The van der Waals surface area contributed by atoms with Crippen molar-refractivity contribution in [3.8, 4) is 0 Å². The molecule has 0 aliphatic heterocycles. The van der Waals surface area contributed by atoms with E-state index in [9.17, 15) is 19.2 Å². The maximum absolute atomic E-state index is 12.8. The number of H-pyrrole nitrogens is 1. The quantitative estimate of drug-likeness (QED) is 0.323. The molecule has 3 N–H and O–H groups in total. The number of hydrogen-bond acceptors (Lipinski definition) is 8. The SMILES string of the molecule is CC(=O)OCC(=O)NC1CCC(COCc2csc3nc(C(=O)NCc4cccc(Cl)c4)[nH]c(=O)c23)CC1. The Labute approximate surface area is 228 Å². The number of rotatable bonds is 10. The number of nitrogens with zero attached hydrogens (tertiary/aromatic N) is 1. The Kier molecular flexibility index (Phi) is 9.48. The van der Waals surface area contributed by atoms with Crippen molar-refractivity contribution in [2.45, 2.75) is 51.8 Å². The fourth-order valence-electron chi connectivity index (χ4n) is 4.38. The smallest absolute Gasteiger partial charge is 0.303 e. The number of aromatic amines is 1. The summed E-state index contributed by atoms with van der Waals surface area (Å²) in [7, 11) is 0. The molecule has 1 aromatic carbocycles. The maximum Gasteiger partial charge on any atom is 0.303 e. The van der Waals surface area contributed by atoms with Gasteiger partial charge in [-0.05, 0) is 54.7 Å². The Morgan fingerprint density at radius 2 is 2.00 bits per heavy atom. The van der Waals surface area contributed by atoms with Crippen LogP contribution in [0.15, 0.2) is 34.4 Å². The number of aromatic nitrogens is 2. The third kappa shape index (κ3) is 7.62. The first-order chi connectivity index (χ1) is 18.3. The van der Waals surface area contributed by atoms with Crippen LogP contribution in [0.2, 0.25) is 5.02 Å². The third-order valence-electron chi connectivity index (χ3n) is 6.31. The number of hydrogen-bond donors (Lipinski definition) is 3. The summed E-state index contributed by atoms with van der Waals surface area (Å²) in [5, 5.41) is 8.48. The highest BCUT2D eigenvalue weighted by Gasteiger charge is 2.23. The van der Waals surface area contributed by atoms with E-state index in [0.29, 0.717) is 27.8 Å². The number of benzene rings is 1. The first-order valence-electron chi connectivity index (χ1n) is 12.3. The summed E-state index contributed by atoms with van der Waals surface area (Å²) in [4.78, 5) is 55.4. The normalized spacial score (nSPS) is 17.2. The molecule has 0 bridgehead atoms. The van der Waals surface area contributed by atoms with E-state index in [1.807, 2.05) is 11.4 Å². The average molecular weight is 561 g/mol. The second kappa shape index (κ2) is 13.0. The standard InChI is InChI=1S/C26H29ClN4O6S/c1-15(32)37-13-21(33)29-20-7-5-16(6-8-20)11-36-12-18-14-38-26-22(18)24(34)30-23(31-26)25(35)28-10-17-3-2-4-19(27)9-17/h2-4,9,14,16,20H,5-8,10-13H2,1H3,(H,28,35)(H,29,33)(H,30,31,34). The lowest BCUT2D eigenvalue weighted by Crippen LogP contribution is -2.40.